The molecule has 0 bridgehead atoms. The molecule has 0 fully saturated rings. The Balaban J connectivity index is 4.32. The SMILES string of the molecule is CC(C)CNC(=O)CN(CCC(=O)O)C(C)(C)C. The molecule has 1 amide bonds. The molecule has 0 saturated heterocycles. The molecule has 0 heterocycles. The van der Waals surface area contributed by atoms with Gasteiger partial charge in [-0.25, -0.2) is 0 Å². The van der Waals surface area contributed by atoms with Gasteiger partial charge in [-0.15, -0.1) is 0 Å². The van der Waals surface area contributed by atoms with Crippen LogP contribution < -0.4 is 5.32 Å². The fourth-order valence-electron chi connectivity index (χ4n) is 1.43. The minimum Gasteiger partial charge on any atom is -0.481 e. The number of carboxylic acid groups (broad SMARTS) is 1. The van der Waals surface area contributed by atoms with E-state index >= 15 is 0 Å². The molecule has 0 saturated carbocycles. The van der Waals surface area contributed by atoms with Crippen LogP contribution in [-0.4, -0.2) is 47.1 Å². The fourth-order valence-corrected chi connectivity index (χ4v) is 1.43. The van der Waals surface area contributed by atoms with Gasteiger partial charge in [0.2, 0.25) is 5.91 Å². The molecule has 18 heavy (non-hydrogen) atoms. The number of carbonyl (C=O) groups is 2. The first kappa shape index (κ1) is 16.9. The molecule has 0 aromatic heterocycles. The second-order valence-electron chi connectivity index (χ2n) is 5.93. The van der Waals surface area contributed by atoms with Gasteiger partial charge in [-0.1, -0.05) is 13.8 Å². The molecule has 5 heteroatoms. The Morgan fingerprint density at radius 3 is 2.22 bits per heavy atom. The predicted octanol–water partition coefficient (Wildman–Crippen LogP) is 1.33. The zero-order valence-corrected chi connectivity index (χ0v) is 12.1. The van der Waals surface area contributed by atoms with E-state index in [0.717, 1.165) is 0 Å². The van der Waals surface area contributed by atoms with Crippen LogP contribution in [0.1, 0.15) is 41.0 Å². The van der Waals surface area contributed by atoms with Crippen LogP contribution in [0.15, 0.2) is 0 Å². The summed E-state index contributed by atoms with van der Waals surface area (Å²) >= 11 is 0. The summed E-state index contributed by atoms with van der Waals surface area (Å²) in [7, 11) is 0. The molecule has 0 unspecified atom stereocenters. The molecular formula is C13H26N2O3. The van der Waals surface area contributed by atoms with E-state index in [0.29, 0.717) is 19.0 Å². The lowest BCUT2D eigenvalue weighted by Crippen LogP contribution is -2.48. The summed E-state index contributed by atoms with van der Waals surface area (Å²) in [5, 5.41) is 11.6. The number of nitrogens with zero attached hydrogens (tertiary/aromatic N) is 1. The minimum atomic E-state index is -0.841. The lowest BCUT2D eigenvalue weighted by atomic mass is 10.1. The summed E-state index contributed by atoms with van der Waals surface area (Å²) in [5.41, 5.74) is -0.218. The zero-order chi connectivity index (χ0) is 14.3. The highest BCUT2D eigenvalue weighted by molar-refractivity contribution is 5.78. The van der Waals surface area contributed by atoms with Crippen LogP contribution in [0, 0.1) is 5.92 Å². The molecule has 0 aromatic rings. The van der Waals surface area contributed by atoms with Gasteiger partial charge in [0.1, 0.15) is 0 Å². The maximum atomic E-state index is 11.7. The molecular weight excluding hydrogens is 232 g/mol. The number of carbonyl (C=O) groups excluding carboxylic acids is 1. The van der Waals surface area contributed by atoms with Crippen LogP contribution in [-0.2, 0) is 9.59 Å². The van der Waals surface area contributed by atoms with E-state index in [1.54, 1.807) is 0 Å². The number of amides is 1. The van der Waals surface area contributed by atoms with Crippen LogP contribution in [0.4, 0.5) is 0 Å². The van der Waals surface area contributed by atoms with E-state index < -0.39 is 5.97 Å². The molecule has 0 aliphatic carbocycles. The van der Waals surface area contributed by atoms with Crippen molar-refractivity contribution in [3.05, 3.63) is 0 Å². The number of nitrogens with one attached hydrogen (secondary N) is 1. The van der Waals surface area contributed by atoms with E-state index in [4.69, 9.17) is 5.11 Å². The first-order valence-corrected chi connectivity index (χ1v) is 6.36. The largest absolute Gasteiger partial charge is 0.481 e. The van der Waals surface area contributed by atoms with Crippen molar-refractivity contribution in [2.24, 2.45) is 5.92 Å². The number of aliphatic carboxylic acids is 1. The third kappa shape index (κ3) is 8.06. The summed E-state index contributed by atoms with van der Waals surface area (Å²) in [4.78, 5) is 24.2. The maximum Gasteiger partial charge on any atom is 0.304 e. The molecule has 106 valence electrons. The van der Waals surface area contributed by atoms with E-state index in [9.17, 15) is 9.59 Å². The van der Waals surface area contributed by atoms with E-state index in [1.807, 2.05) is 39.5 Å². The van der Waals surface area contributed by atoms with E-state index in [2.05, 4.69) is 5.32 Å². The van der Waals surface area contributed by atoms with Gasteiger partial charge in [0.05, 0.1) is 13.0 Å². The smallest absolute Gasteiger partial charge is 0.304 e. The summed E-state index contributed by atoms with van der Waals surface area (Å²) in [6, 6.07) is 0. The summed E-state index contributed by atoms with van der Waals surface area (Å²) in [5.74, 6) is -0.480. The van der Waals surface area contributed by atoms with Crippen LogP contribution in [0.5, 0.6) is 0 Å². The number of carboxylic acids is 1. The Kier molecular flexibility index (Phi) is 6.91. The fraction of sp³-hybridized carbons (Fsp3) is 0.846. The molecule has 5 nitrogen and oxygen atoms in total. The van der Waals surface area contributed by atoms with Crippen molar-refractivity contribution < 1.29 is 14.7 Å². The van der Waals surface area contributed by atoms with Gasteiger partial charge < -0.3 is 10.4 Å². The summed E-state index contributed by atoms with van der Waals surface area (Å²) in [6.07, 6.45) is 0.0503. The highest BCUT2D eigenvalue weighted by Crippen LogP contribution is 2.13. The lowest BCUT2D eigenvalue weighted by molar-refractivity contribution is -0.138. The molecule has 0 aliphatic rings. The van der Waals surface area contributed by atoms with Gasteiger partial charge in [0.15, 0.2) is 0 Å². The third-order valence-corrected chi connectivity index (χ3v) is 2.59. The molecule has 0 rings (SSSR count). The number of hydrogen-bond acceptors (Lipinski definition) is 3. The van der Waals surface area contributed by atoms with Gasteiger partial charge in [-0.05, 0) is 26.7 Å². The van der Waals surface area contributed by atoms with Crippen molar-refractivity contribution in [3.8, 4) is 0 Å². The predicted molar refractivity (Wildman–Crippen MR) is 71.4 cm³/mol. The van der Waals surface area contributed by atoms with Crippen LogP contribution in [0.3, 0.4) is 0 Å². The molecule has 0 aromatic carbocycles. The van der Waals surface area contributed by atoms with Gasteiger partial charge >= 0.3 is 5.97 Å². The van der Waals surface area contributed by atoms with Gasteiger partial charge in [0, 0.05) is 18.6 Å². The zero-order valence-electron chi connectivity index (χ0n) is 12.1. The molecule has 0 radical (unpaired) electrons. The molecule has 0 spiro atoms. The Morgan fingerprint density at radius 1 is 1.28 bits per heavy atom. The summed E-state index contributed by atoms with van der Waals surface area (Å²) < 4.78 is 0. The second kappa shape index (κ2) is 7.36. The lowest BCUT2D eigenvalue weighted by Gasteiger charge is -2.34. The van der Waals surface area contributed by atoms with Gasteiger partial charge in [-0.2, -0.15) is 0 Å². The first-order chi connectivity index (χ1) is 8.12. The van der Waals surface area contributed by atoms with Crippen molar-refractivity contribution in [2.45, 2.75) is 46.6 Å². The van der Waals surface area contributed by atoms with Crippen molar-refractivity contribution >= 4 is 11.9 Å². The standard InChI is InChI=1S/C13H26N2O3/c1-10(2)8-14-11(16)9-15(13(3,4)5)7-6-12(17)18/h10H,6-9H2,1-5H3,(H,14,16)(H,17,18). The number of rotatable bonds is 7. The second-order valence-corrected chi connectivity index (χ2v) is 5.93. The van der Waals surface area contributed by atoms with Crippen LogP contribution in [0.25, 0.3) is 0 Å². The van der Waals surface area contributed by atoms with Gasteiger partial charge in [-0.3, -0.25) is 14.5 Å². The van der Waals surface area contributed by atoms with Crippen molar-refractivity contribution in [3.63, 3.8) is 0 Å². The minimum absolute atomic E-state index is 0.0503. The maximum absolute atomic E-state index is 11.7. The molecule has 0 aliphatic heterocycles. The van der Waals surface area contributed by atoms with Crippen LogP contribution in [0.2, 0.25) is 0 Å². The third-order valence-electron chi connectivity index (χ3n) is 2.59. The topological polar surface area (TPSA) is 69.6 Å². The highest BCUT2D eigenvalue weighted by Gasteiger charge is 2.23. The average molecular weight is 258 g/mol. The molecule has 2 N–H and O–H groups in total. The summed E-state index contributed by atoms with van der Waals surface area (Å²) in [6.45, 7) is 11.3. The first-order valence-electron chi connectivity index (χ1n) is 6.36. The van der Waals surface area contributed by atoms with E-state index in [-0.39, 0.29) is 24.4 Å². The van der Waals surface area contributed by atoms with Crippen molar-refractivity contribution in [1.29, 1.82) is 0 Å². The van der Waals surface area contributed by atoms with Crippen molar-refractivity contribution in [1.82, 2.24) is 10.2 Å². The van der Waals surface area contributed by atoms with E-state index in [1.165, 1.54) is 0 Å². The highest BCUT2D eigenvalue weighted by atomic mass is 16.4. The number of hydrogen-bond donors (Lipinski definition) is 2. The quantitative estimate of drug-likeness (QED) is 0.723. The van der Waals surface area contributed by atoms with Gasteiger partial charge in [0.25, 0.3) is 0 Å². The Hall–Kier alpha value is -1.10. The molecule has 0 atom stereocenters. The van der Waals surface area contributed by atoms with Crippen LogP contribution >= 0.6 is 0 Å². The Labute approximate surface area is 110 Å². The van der Waals surface area contributed by atoms with Crippen molar-refractivity contribution in [2.75, 3.05) is 19.6 Å². The Bertz CT molecular complexity index is 282. The average Bonchev–Trinajstić information content (AvgIpc) is 2.19. The Morgan fingerprint density at radius 2 is 1.83 bits per heavy atom. The normalized spacial score (nSPS) is 11.9. The monoisotopic (exact) mass is 258 g/mol.